The number of aliphatic imine (C=N–C) groups is 1. The maximum atomic E-state index is 4.70. The Labute approximate surface area is 122 Å². The van der Waals surface area contributed by atoms with E-state index >= 15 is 0 Å². The molecule has 2 aromatic heterocycles. The minimum Gasteiger partial charge on any atom is -0.329 e. The summed E-state index contributed by atoms with van der Waals surface area (Å²) in [4.78, 5) is 11.3. The van der Waals surface area contributed by atoms with Crippen molar-refractivity contribution in [3.05, 3.63) is 59.7 Å². The van der Waals surface area contributed by atoms with Gasteiger partial charge in [0.05, 0.1) is 17.6 Å². The van der Waals surface area contributed by atoms with Gasteiger partial charge < -0.3 is 4.90 Å². The number of nitrogens with zero attached hydrogens (tertiary/aromatic N) is 5. The lowest BCUT2D eigenvalue weighted by Crippen LogP contribution is -2.28. The number of hydrogen-bond donors (Lipinski definition) is 0. The van der Waals surface area contributed by atoms with Crippen LogP contribution in [0.15, 0.2) is 47.8 Å². The van der Waals surface area contributed by atoms with Crippen LogP contribution in [-0.2, 0) is 0 Å². The number of hydrogen-bond acceptors (Lipinski definition) is 4. The van der Waals surface area contributed by atoms with Gasteiger partial charge in [0.2, 0.25) is 0 Å². The third kappa shape index (κ3) is 1.98. The summed E-state index contributed by atoms with van der Waals surface area (Å²) in [7, 11) is 0. The van der Waals surface area contributed by atoms with Gasteiger partial charge in [0.15, 0.2) is 5.65 Å². The van der Waals surface area contributed by atoms with Gasteiger partial charge in [0, 0.05) is 12.7 Å². The van der Waals surface area contributed by atoms with Crippen LogP contribution >= 0.6 is 0 Å². The lowest BCUT2D eigenvalue weighted by Gasteiger charge is -2.24. The molecule has 21 heavy (non-hydrogen) atoms. The molecule has 0 unspecified atom stereocenters. The maximum Gasteiger partial charge on any atom is 0.156 e. The van der Waals surface area contributed by atoms with E-state index in [1.807, 2.05) is 42.1 Å². The lowest BCUT2D eigenvalue weighted by atomic mass is 10.2. The third-order valence-corrected chi connectivity index (χ3v) is 3.63. The molecule has 2 aliphatic rings. The molecule has 0 fully saturated rings. The first kappa shape index (κ1) is 12.1. The van der Waals surface area contributed by atoms with Crippen molar-refractivity contribution in [1.82, 2.24) is 19.5 Å². The SMILES string of the molecule is Cc1cn2nc(C3=CCN4C=CC=CC4=N3)cc(C)c2n1. The fourth-order valence-corrected chi connectivity index (χ4v) is 2.61. The first-order chi connectivity index (χ1) is 10.2. The van der Waals surface area contributed by atoms with Crippen LogP contribution in [0.25, 0.3) is 11.3 Å². The van der Waals surface area contributed by atoms with Crippen molar-refractivity contribution in [3.63, 3.8) is 0 Å². The van der Waals surface area contributed by atoms with Crippen molar-refractivity contribution in [3.8, 4) is 0 Å². The quantitative estimate of drug-likeness (QED) is 0.804. The molecule has 0 aromatic carbocycles. The number of fused-ring (bicyclic) bond motifs is 2. The highest BCUT2D eigenvalue weighted by molar-refractivity contribution is 5.99. The van der Waals surface area contributed by atoms with Gasteiger partial charge in [-0.1, -0.05) is 6.08 Å². The molecular formula is C16H15N5. The van der Waals surface area contributed by atoms with Crippen LogP contribution < -0.4 is 0 Å². The topological polar surface area (TPSA) is 45.8 Å². The highest BCUT2D eigenvalue weighted by Gasteiger charge is 2.16. The molecule has 0 saturated carbocycles. The number of rotatable bonds is 1. The van der Waals surface area contributed by atoms with E-state index in [-0.39, 0.29) is 0 Å². The smallest absolute Gasteiger partial charge is 0.156 e. The van der Waals surface area contributed by atoms with E-state index in [1.165, 1.54) is 0 Å². The fourth-order valence-electron chi connectivity index (χ4n) is 2.61. The zero-order valence-electron chi connectivity index (χ0n) is 12.0. The number of imidazole rings is 1. The predicted molar refractivity (Wildman–Crippen MR) is 82.9 cm³/mol. The number of allylic oxidation sites excluding steroid dienone is 2. The summed E-state index contributed by atoms with van der Waals surface area (Å²) in [5.41, 5.74) is 4.78. The lowest BCUT2D eigenvalue weighted by molar-refractivity contribution is 0.616. The van der Waals surface area contributed by atoms with Crippen molar-refractivity contribution in [2.24, 2.45) is 4.99 Å². The Kier molecular flexibility index (Phi) is 2.54. The summed E-state index contributed by atoms with van der Waals surface area (Å²) >= 11 is 0. The van der Waals surface area contributed by atoms with E-state index in [0.717, 1.165) is 40.7 Å². The van der Waals surface area contributed by atoms with Gasteiger partial charge in [-0.3, -0.25) is 0 Å². The molecule has 5 heteroatoms. The van der Waals surface area contributed by atoms with Crippen LogP contribution in [-0.4, -0.2) is 31.9 Å². The van der Waals surface area contributed by atoms with Crippen molar-refractivity contribution in [2.75, 3.05) is 6.54 Å². The average molecular weight is 277 g/mol. The molecule has 0 saturated heterocycles. The standard InChI is InChI=1S/C16H15N5/c1-11-9-14(19-21-10-12(2)17-16(11)21)13-6-8-20-7-4-3-5-15(20)18-13/h3-7,9-10H,8H2,1-2H3. The Balaban J connectivity index is 1.80. The van der Waals surface area contributed by atoms with Gasteiger partial charge in [-0.2, -0.15) is 5.10 Å². The van der Waals surface area contributed by atoms with Crippen LogP contribution in [0.5, 0.6) is 0 Å². The van der Waals surface area contributed by atoms with E-state index in [2.05, 4.69) is 34.0 Å². The highest BCUT2D eigenvalue weighted by atomic mass is 15.3. The minimum atomic E-state index is 0.816. The van der Waals surface area contributed by atoms with E-state index in [4.69, 9.17) is 4.99 Å². The van der Waals surface area contributed by atoms with E-state index in [0.29, 0.717) is 0 Å². The van der Waals surface area contributed by atoms with Crippen LogP contribution in [0.4, 0.5) is 0 Å². The zero-order chi connectivity index (χ0) is 14.4. The molecular weight excluding hydrogens is 262 g/mol. The Hall–Kier alpha value is -2.69. The van der Waals surface area contributed by atoms with Crippen LogP contribution in [0.1, 0.15) is 17.0 Å². The Morgan fingerprint density at radius 3 is 3.00 bits per heavy atom. The number of amidine groups is 1. The summed E-state index contributed by atoms with van der Waals surface area (Å²) in [6.07, 6.45) is 12.1. The second kappa shape index (κ2) is 4.41. The Morgan fingerprint density at radius 2 is 2.10 bits per heavy atom. The first-order valence-corrected chi connectivity index (χ1v) is 6.95. The third-order valence-electron chi connectivity index (χ3n) is 3.63. The largest absolute Gasteiger partial charge is 0.329 e. The Bertz CT molecular complexity index is 851. The normalized spacial score (nSPS) is 17.0. The molecule has 5 nitrogen and oxygen atoms in total. The summed E-state index contributed by atoms with van der Waals surface area (Å²) in [6.45, 7) is 4.85. The average Bonchev–Trinajstić information content (AvgIpc) is 2.88. The maximum absolute atomic E-state index is 4.70. The molecule has 4 heterocycles. The molecule has 0 atom stereocenters. The zero-order valence-corrected chi connectivity index (χ0v) is 12.0. The summed E-state index contributed by atoms with van der Waals surface area (Å²) in [6, 6.07) is 2.05. The monoisotopic (exact) mass is 277 g/mol. The number of aromatic nitrogens is 3. The summed E-state index contributed by atoms with van der Waals surface area (Å²) < 4.78 is 1.84. The van der Waals surface area contributed by atoms with Crippen molar-refractivity contribution in [1.29, 1.82) is 0 Å². The highest BCUT2D eigenvalue weighted by Crippen LogP contribution is 2.22. The van der Waals surface area contributed by atoms with Crippen molar-refractivity contribution in [2.45, 2.75) is 13.8 Å². The first-order valence-electron chi connectivity index (χ1n) is 6.95. The second-order valence-electron chi connectivity index (χ2n) is 5.28. The summed E-state index contributed by atoms with van der Waals surface area (Å²) in [5, 5.41) is 4.64. The molecule has 104 valence electrons. The Morgan fingerprint density at radius 1 is 1.19 bits per heavy atom. The van der Waals surface area contributed by atoms with Gasteiger partial charge in [0.25, 0.3) is 0 Å². The van der Waals surface area contributed by atoms with Gasteiger partial charge in [-0.25, -0.2) is 14.5 Å². The second-order valence-corrected chi connectivity index (χ2v) is 5.28. The molecule has 2 aliphatic heterocycles. The van der Waals surface area contributed by atoms with Crippen molar-refractivity contribution >= 4 is 17.2 Å². The number of aryl methyl sites for hydroxylation is 2. The van der Waals surface area contributed by atoms with Crippen LogP contribution in [0.2, 0.25) is 0 Å². The van der Waals surface area contributed by atoms with E-state index < -0.39 is 0 Å². The van der Waals surface area contributed by atoms with Gasteiger partial charge in [0.1, 0.15) is 11.5 Å². The predicted octanol–water partition coefficient (Wildman–Crippen LogP) is 2.48. The molecule has 2 aromatic rings. The van der Waals surface area contributed by atoms with E-state index in [9.17, 15) is 0 Å². The molecule has 0 bridgehead atoms. The molecule has 0 amide bonds. The van der Waals surface area contributed by atoms with Gasteiger partial charge in [-0.15, -0.1) is 0 Å². The van der Waals surface area contributed by atoms with E-state index in [1.54, 1.807) is 0 Å². The molecule has 0 spiro atoms. The molecule has 0 N–H and O–H groups in total. The minimum absolute atomic E-state index is 0.816. The molecule has 4 rings (SSSR count). The fraction of sp³-hybridized carbons (Fsp3) is 0.188. The van der Waals surface area contributed by atoms with Crippen LogP contribution in [0, 0.1) is 13.8 Å². The van der Waals surface area contributed by atoms with Crippen molar-refractivity contribution < 1.29 is 0 Å². The molecule has 0 aliphatic carbocycles. The van der Waals surface area contributed by atoms with Crippen LogP contribution in [0.3, 0.4) is 0 Å². The summed E-state index contributed by atoms with van der Waals surface area (Å²) in [5.74, 6) is 0.955. The van der Waals surface area contributed by atoms with Gasteiger partial charge in [-0.05, 0) is 43.7 Å². The molecule has 0 radical (unpaired) electrons. The van der Waals surface area contributed by atoms with Gasteiger partial charge >= 0.3 is 0 Å².